The molecule has 0 amide bonds. The molecule has 0 aliphatic heterocycles. The number of nitrogens with zero attached hydrogens (tertiary/aromatic N) is 4. The zero-order chi connectivity index (χ0) is 17.3. The summed E-state index contributed by atoms with van der Waals surface area (Å²) >= 11 is 6.15. The van der Waals surface area contributed by atoms with Gasteiger partial charge in [-0.05, 0) is 39.3 Å². The Balaban J connectivity index is 1.80. The maximum Gasteiger partial charge on any atom is 0.356 e. The van der Waals surface area contributed by atoms with E-state index >= 15 is 0 Å². The number of aromatic nitrogens is 3. The third kappa shape index (κ3) is 3.16. The van der Waals surface area contributed by atoms with Crippen molar-refractivity contribution >= 4 is 17.6 Å². The number of pyridine rings is 1. The van der Waals surface area contributed by atoms with E-state index in [4.69, 9.17) is 11.6 Å². The number of fused-ring (bicyclic) bond motifs is 1. The van der Waals surface area contributed by atoms with Crippen LogP contribution in [-0.4, -0.2) is 43.8 Å². The third-order valence-electron chi connectivity index (χ3n) is 4.70. The molecule has 1 aliphatic rings. The first-order valence-corrected chi connectivity index (χ1v) is 8.50. The van der Waals surface area contributed by atoms with Crippen molar-refractivity contribution in [1.82, 2.24) is 19.7 Å². The van der Waals surface area contributed by atoms with Crippen LogP contribution in [-0.2, 0) is 25.9 Å². The van der Waals surface area contributed by atoms with Crippen LogP contribution in [0.15, 0.2) is 18.3 Å². The molecule has 1 N–H and O–H groups in total. The standard InChI is InChI=1S/C17H21ClN4O2/c1-3-22-14-7-6-12(9-13(14)15(20-22)17(23)24)21(2)10-11-5-4-8-19-16(11)18/h4-5,8,12H,3,6-7,9-10H2,1-2H3,(H,23,24)/t12-/m1/s1. The van der Waals surface area contributed by atoms with Gasteiger partial charge < -0.3 is 5.11 Å². The van der Waals surface area contributed by atoms with E-state index in [2.05, 4.69) is 15.0 Å². The minimum atomic E-state index is -0.947. The van der Waals surface area contributed by atoms with Gasteiger partial charge in [0.05, 0.1) is 0 Å². The highest BCUT2D eigenvalue weighted by Gasteiger charge is 2.30. The number of halogens is 1. The van der Waals surface area contributed by atoms with Crippen molar-refractivity contribution in [3.8, 4) is 0 Å². The Morgan fingerprint density at radius 1 is 1.54 bits per heavy atom. The second kappa shape index (κ2) is 6.91. The molecule has 0 spiro atoms. The maximum atomic E-state index is 11.5. The summed E-state index contributed by atoms with van der Waals surface area (Å²) < 4.78 is 1.83. The fraction of sp³-hybridized carbons (Fsp3) is 0.471. The van der Waals surface area contributed by atoms with Crippen LogP contribution < -0.4 is 0 Å². The van der Waals surface area contributed by atoms with E-state index in [1.54, 1.807) is 6.20 Å². The molecule has 1 aliphatic carbocycles. The average Bonchev–Trinajstić information content (AvgIpc) is 2.95. The van der Waals surface area contributed by atoms with E-state index in [9.17, 15) is 9.90 Å². The topological polar surface area (TPSA) is 71.2 Å². The van der Waals surface area contributed by atoms with Crippen molar-refractivity contribution in [3.63, 3.8) is 0 Å². The summed E-state index contributed by atoms with van der Waals surface area (Å²) in [4.78, 5) is 17.8. The van der Waals surface area contributed by atoms with Crippen molar-refractivity contribution in [1.29, 1.82) is 0 Å². The molecule has 2 heterocycles. The highest BCUT2D eigenvalue weighted by atomic mass is 35.5. The number of aromatic carboxylic acids is 1. The molecule has 0 bridgehead atoms. The molecular formula is C17H21ClN4O2. The van der Waals surface area contributed by atoms with Gasteiger partial charge in [-0.15, -0.1) is 0 Å². The van der Waals surface area contributed by atoms with Crippen LogP contribution in [0.1, 0.15) is 40.7 Å². The summed E-state index contributed by atoms with van der Waals surface area (Å²) in [5, 5.41) is 14.2. The van der Waals surface area contributed by atoms with E-state index < -0.39 is 5.97 Å². The van der Waals surface area contributed by atoms with Crippen molar-refractivity contribution in [3.05, 3.63) is 46.0 Å². The average molecular weight is 349 g/mol. The molecular weight excluding hydrogens is 328 g/mol. The van der Waals surface area contributed by atoms with Crippen LogP contribution in [0.3, 0.4) is 0 Å². The zero-order valence-electron chi connectivity index (χ0n) is 13.9. The normalized spacial score (nSPS) is 17.1. The lowest BCUT2D eigenvalue weighted by Crippen LogP contribution is -2.36. The highest BCUT2D eigenvalue weighted by Crippen LogP contribution is 2.28. The number of carboxylic acid groups (broad SMARTS) is 1. The molecule has 6 nitrogen and oxygen atoms in total. The first kappa shape index (κ1) is 16.9. The maximum absolute atomic E-state index is 11.5. The van der Waals surface area contributed by atoms with Crippen LogP contribution in [0.2, 0.25) is 5.15 Å². The smallest absolute Gasteiger partial charge is 0.356 e. The minimum absolute atomic E-state index is 0.198. The fourth-order valence-electron chi connectivity index (χ4n) is 3.41. The van der Waals surface area contributed by atoms with Gasteiger partial charge in [-0.2, -0.15) is 5.10 Å². The SMILES string of the molecule is CCn1nc(C(=O)O)c2c1CC[C@@H](N(C)Cc1cccnc1Cl)C2. The molecule has 128 valence electrons. The number of hydrogen-bond donors (Lipinski definition) is 1. The lowest BCUT2D eigenvalue weighted by atomic mass is 9.90. The molecule has 0 saturated carbocycles. The van der Waals surface area contributed by atoms with Gasteiger partial charge in [-0.25, -0.2) is 9.78 Å². The van der Waals surface area contributed by atoms with Crippen LogP contribution in [0.5, 0.6) is 0 Å². The summed E-state index contributed by atoms with van der Waals surface area (Å²) in [7, 11) is 2.05. The van der Waals surface area contributed by atoms with Crippen LogP contribution in [0.4, 0.5) is 0 Å². The number of hydrogen-bond acceptors (Lipinski definition) is 4. The third-order valence-corrected chi connectivity index (χ3v) is 5.04. The van der Waals surface area contributed by atoms with Gasteiger partial charge >= 0.3 is 5.97 Å². The Kier molecular flexibility index (Phi) is 4.87. The van der Waals surface area contributed by atoms with Crippen LogP contribution in [0.25, 0.3) is 0 Å². The number of carboxylic acids is 1. The van der Waals surface area contributed by atoms with Gasteiger partial charge in [-0.1, -0.05) is 17.7 Å². The van der Waals surface area contributed by atoms with Crippen molar-refractivity contribution < 1.29 is 9.90 Å². The lowest BCUT2D eigenvalue weighted by Gasteiger charge is -2.31. The van der Waals surface area contributed by atoms with Gasteiger partial charge in [-0.3, -0.25) is 9.58 Å². The van der Waals surface area contributed by atoms with E-state index in [0.29, 0.717) is 24.7 Å². The molecule has 2 aromatic rings. The lowest BCUT2D eigenvalue weighted by molar-refractivity contribution is 0.0687. The molecule has 0 radical (unpaired) electrons. The Bertz CT molecular complexity index is 759. The predicted octanol–water partition coefficient (Wildman–Crippen LogP) is 2.64. The Hall–Kier alpha value is -1.92. The molecule has 0 saturated heterocycles. The van der Waals surface area contributed by atoms with Gasteiger partial charge in [0.1, 0.15) is 5.15 Å². The summed E-state index contributed by atoms with van der Waals surface area (Å²) in [6, 6.07) is 4.11. The van der Waals surface area contributed by atoms with Crippen molar-refractivity contribution in [2.45, 2.75) is 45.3 Å². The number of likely N-dealkylation sites (N-methyl/N-ethyl adjacent to an activating group) is 1. The van der Waals surface area contributed by atoms with E-state index in [0.717, 1.165) is 29.7 Å². The quantitative estimate of drug-likeness (QED) is 0.841. The Morgan fingerprint density at radius 2 is 2.33 bits per heavy atom. The molecule has 0 unspecified atom stereocenters. The van der Waals surface area contributed by atoms with Crippen molar-refractivity contribution in [2.24, 2.45) is 0 Å². The summed E-state index contributed by atoms with van der Waals surface area (Å²) in [6.45, 7) is 3.37. The van der Waals surface area contributed by atoms with E-state index in [1.165, 1.54) is 0 Å². The largest absolute Gasteiger partial charge is 0.476 e. The van der Waals surface area contributed by atoms with Crippen molar-refractivity contribution in [2.75, 3.05) is 7.05 Å². The predicted molar refractivity (Wildman–Crippen MR) is 91.4 cm³/mol. The van der Waals surface area contributed by atoms with Gasteiger partial charge in [0.2, 0.25) is 0 Å². The molecule has 7 heteroatoms. The molecule has 0 fully saturated rings. The second-order valence-corrected chi connectivity index (χ2v) is 6.52. The Labute approximate surface area is 146 Å². The first-order chi connectivity index (χ1) is 11.5. The molecule has 24 heavy (non-hydrogen) atoms. The summed E-state index contributed by atoms with van der Waals surface area (Å²) in [5.74, 6) is -0.947. The van der Waals surface area contributed by atoms with Crippen LogP contribution >= 0.6 is 11.6 Å². The van der Waals surface area contributed by atoms with Gasteiger partial charge in [0.25, 0.3) is 0 Å². The second-order valence-electron chi connectivity index (χ2n) is 6.16. The van der Waals surface area contributed by atoms with Gasteiger partial charge in [0.15, 0.2) is 5.69 Å². The number of carbonyl (C=O) groups is 1. The summed E-state index contributed by atoms with van der Waals surface area (Å²) in [6.07, 6.45) is 4.20. The van der Waals surface area contributed by atoms with E-state index in [1.807, 2.05) is 30.8 Å². The molecule has 1 atom stereocenters. The van der Waals surface area contributed by atoms with Gasteiger partial charge in [0, 0.05) is 42.1 Å². The fourth-order valence-corrected chi connectivity index (χ4v) is 3.59. The highest BCUT2D eigenvalue weighted by molar-refractivity contribution is 6.30. The number of rotatable bonds is 5. The number of aryl methyl sites for hydroxylation is 1. The minimum Gasteiger partial charge on any atom is -0.476 e. The molecule has 0 aromatic carbocycles. The van der Waals surface area contributed by atoms with E-state index in [-0.39, 0.29) is 11.7 Å². The Morgan fingerprint density at radius 3 is 3.00 bits per heavy atom. The zero-order valence-corrected chi connectivity index (χ0v) is 14.6. The van der Waals surface area contributed by atoms with Crippen LogP contribution in [0, 0.1) is 0 Å². The molecule has 3 rings (SSSR count). The summed E-state index contributed by atoms with van der Waals surface area (Å²) in [5.41, 5.74) is 3.13. The monoisotopic (exact) mass is 348 g/mol. The first-order valence-electron chi connectivity index (χ1n) is 8.12. The molecule has 2 aromatic heterocycles.